The molecule has 1 rings (SSSR count). The largest absolute Gasteiger partial charge is 0.356 e. The first-order valence-electron chi connectivity index (χ1n) is 7.74. The van der Waals surface area contributed by atoms with Gasteiger partial charge in [-0.05, 0) is 31.1 Å². The van der Waals surface area contributed by atoms with E-state index in [1.54, 1.807) is 4.57 Å². The van der Waals surface area contributed by atoms with Crippen molar-refractivity contribution in [1.29, 1.82) is 0 Å². The van der Waals surface area contributed by atoms with E-state index in [4.69, 9.17) is 0 Å². The summed E-state index contributed by atoms with van der Waals surface area (Å²) in [4.78, 5) is 23.5. The summed E-state index contributed by atoms with van der Waals surface area (Å²) in [5.74, 6) is 1.73. The number of amides is 1. The fourth-order valence-electron chi connectivity index (χ4n) is 2.63. The average molecular weight is 312 g/mol. The minimum atomic E-state index is 0.0626. The molecule has 120 valence electrons. The molecule has 0 fully saturated rings. The molecule has 0 saturated heterocycles. The van der Waals surface area contributed by atoms with Crippen LogP contribution in [0, 0.1) is 24.7 Å². The lowest BCUT2D eigenvalue weighted by atomic mass is 9.85. The molecular weight excluding hydrogens is 284 g/mol. The molecule has 1 aromatic heterocycles. The van der Waals surface area contributed by atoms with Gasteiger partial charge in [0.1, 0.15) is 0 Å². The molecule has 1 amide bonds. The zero-order chi connectivity index (χ0) is 16.0. The number of aromatic nitrogens is 1. The summed E-state index contributed by atoms with van der Waals surface area (Å²) >= 11 is 1.22. The first kappa shape index (κ1) is 18.0. The van der Waals surface area contributed by atoms with Crippen LogP contribution < -0.4 is 10.2 Å². The molecule has 0 unspecified atom stereocenters. The number of carbonyl (C=O) groups excluding carboxylic acids is 1. The molecular formula is C16H28N2O2S. The van der Waals surface area contributed by atoms with Gasteiger partial charge in [0.25, 0.3) is 0 Å². The van der Waals surface area contributed by atoms with E-state index in [-0.39, 0.29) is 10.8 Å². The van der Waals surface area contributed by atoms with Gasteiger partial charge < -0.3 is 9.88 Å². The minimum Gasteiger partial charge on any atom is -0.356 e. The van der Waals surface area contributed by atoms with Crippen LogP contribution in [0.5, 0.6) is 0 Å². The quantitative estimate of drug-likeness (QED) is 0.802. The van der Waals surface area contributed by atoms with Gasteiger partial charge in [-0.1, -0.05) is 39.0 Å². The smallest absolute Gasteiger partial charge is 0.307 e. The molecule has 0 atom stereocenters. The van der Waals surface area contributed by atoms with Gasteiger partial charge in [-0.2, -0.15) is 0 Å². The van der Waals surface area contributed by atoms with E-state index in [0.717, 1.165) is 12.2 Å². The van der Waals surface area contributed by atoms with Gasteiger partial charge in [0.05, 0.1) is 0 Å². The number of hydrogen-bond acceptors (Lipinski definition) is 3. The highest BCUT2D eigenvalue weighted by atomic mass is 32.1. The highest BCUT2D eigenvalue weighted by Gasteiger charge is 2.18. The van der Waals surface area contributed by atoms with Crippen LogP contribution in [-0.2, 0) is 11.3 Å². The van der Waals surface area contributed by atoms with E-state index in [9.17, 15) is 9.59 Å². The standard InChI is InChI=1S/C16H28N2O2S/c1-11(2)14(12(3)4)9-17-15(19)7-6-8-18-13(5)10-21-16(18)20/h10-12,14H,6-9H2,1-5H3,(H,17,19). The molecule has 1 heterocycles. The van der Waals surface area contributed by atoms with E-state index in [1.165, 1.54) is 11.3 Å². The maximum atomic E-state index is 11.9. The Bertz CT molecular complexity index is 495. The molecule has 0 aliphatic carbocycles. The molecule has 0 bridgehead atoms. The second kappa shape index (κ2) is 8.37. The van der Waals surface area contributed by atoms with Crippen molar-refractivity contribution in [3.63, 3.8) is 0 Å². The lowest BCUT2D eigenvalue weighted by molar-refractivity contribution is -0.121. The molecule has 0 aliphatic rings. The van der Waals surface area contributed by atoms with E-state index in [1.807, 2.05) is 12.3 Å². The van der Waals surface area contributed by atoms with Crippen molar-refractivity contribution in [2.45, 2.75) is 54.0 Å². The topological polar surface area (TPSA) is 51.1 Å². The number of rotatable bonds is 8. The molecule has 0 spiro atoms. The van der Waals surface area contributed by atoms with Crippen molar-refractivity contribution in [2.75, 3.05) is 6.54 Å². The fraction of sp³-hybridized carbons (Fsp3) is 0.750. The van der Waals surface area contributed by atoms with Crippen molar-refractivity contribution in [3.8, 4) is 0 Å². The third kappa shape index (κ3) is 5.65. The molecule has 0 radical (unpaired) electrons. The first-order valence-corrected chi connectivity index (χ1v) is 8.62. The molecule has 1 N–H and O–H groups in total. The third-order valence-electron chi connectivity index (χ3n) is 4.01. The van der Waals surface area contributed by atoms with Crippen LogP contribution in [-0.4, -0.2) is 17.0 Å². The van der Waals surface area contributed by atoms with Gasteiger partial charge in [0, 0.05) is 30.6 Å². The minimum absolute atomic E-state index is 0.0626. The lowest BCUT2D eigenvalue weighted by Crippen LogP contribution is -2.34. The summed E-state index contributed by atoms with van der Waals surface area (Å²) in [6.45, 7) is 12.1. The average Bonchev–Trinajstić information content (AvgIpc) is 2.69. The summed E-state index contributed by atoms with van der Waals surface area (Å²) in [6.07, 6.45) is 1.18. The van der Waals surface area contributed by atoms with Crippen molar-refractivity contribution in [1.82, 2.24) is 9.88 Å². The van der Waals surface area contributed by atoms with Gasteiger partial charge in [-0.3, -0.25) is 9.59 Å². The van der Waals surface area contributed by atoms with E-state index < -0.39 is 0 Å². The Morgan fingerprint density at radius 3 is 2.38 bits per heavy atom. The van der Waals surface area contributed by atoms with Crippen molar-refractivity contribution < 1.29 is 4.79 Å². The first-order chi connectivity index (χ1) is 9.82. The lowest BCUT2D eigenvalue weighted by Gasteiger charge is -2.25. The molecule has 0 aliphatic heterocycles. The molecule has 0 saturated carbocycles. The maximum Gasteiger partial charge on any atom is 0.307 e. The number of hydrogen-bond donors (Lipinski definition) is 1. The van der Waals surface area contributed by atoms with Gasteiger partial charge in [-0.25, -0.2) is 0 Å². The van der Waals surface area contributed by atoms with Gasteiger partial charge in [0.2, 0.25) is 5.91 Å². The number of nitrogens with one attached hydrogen (secondary N) is 1. The van der Waals surface area contributed by atoms with Crippen LogP contribution in [0.2, 0.25) is 0 Å². The summed E-state index contributed by atoms with van der Waals surface area (Å²) in [7, 11) is 0. The second-order valence-electron chi connectivity index (χ2n) is 6.35. The van der Waals surface area contributed by atoms with Gasteiger partial charge >= 0.3 is 4.87 Å². The highest BCUT2D eigenvalue weighted by molar-refractivity contribution is 7.07. The van der Waals surface area contributed by atoms with Crippen molar-refractivity contribution in [3.05, 3.63) is 20.7 Å². The molecule has 4 nitrogen and oxygen atoms in total. The summed E-state index contributed by atoms with van der Waals surface area (Å²) in [5.41, 5.74) is 0.977. The van der Waals surface area contributed by atoms with Crippen molar-refractivity contribution >= 4 is 17.2 Å². The zero-order valence-electron chi connectivity index (χ0n) is 13.8. The molecule has 5 heteroatoms. The molecule has 0 aromatic carbocycles. The Kier molecular flexibility index (Phi) is 7.15. The monoisotopic (exact) mass is 312 g/mol. The maximum absolute atomic E-state index is 11.9. The number of aryl methyl sites for hydroxylation is 1. The van der Waals surface area contributed by atoms with E-state index in [0.29, 0.717) is 37.1 Å². The summed E-state index contributed by atoms with van der Waals surface area (Å²) in [5, 5.41) is 4.89. The van der Waals surface area contributed by atoms with Gasteiger partial charge in [0.15, 0.2) is 0 Å². The van der Waals surface area contributed by atoms with Crippen LogP contribution in [0.25, 0.3) is 0 Å². The predicted octanol–water partition coefficient (Wildman–Crippen LogP) is 3.04. The second-order valence-corrected chi connectivity index (χ2v) is 7.17. The molecule has 21 heavy (non-hydrogen) atoms. The Labute approximate surface area is 131 Å². The molecule has 1 aromatic rings. The number of nitrogens with zero attached hydrogens (tertiary/aromatic N) is 1. The SMILES string of the molecule is Cc1csc(=O)n1CCCC(=O)NCC(C(C)C)C(C)C. The highest BCUT2D eigenvalue weighted by Crippen LogP contribution is 2.19. The Balaban J connectivity index is 2.33. The van der Waals surface area contributed by atoms with Crippen LogP contribution in [0.15, 0.2) is 10.2 Å². The van der Waals surface area contributed by atoms with Crippen LogP contribution in [0.4, 0.5) is 0 Å². The van der Waals surface area contributed by atoms with E-state index >= 15 is 0 Å². The van der Waals surface area contributed by atoms with Crippen LogP contribution >= 0.6 is 11.3 Å². The fourth-order valence-corrected chi connectivity index (χ4v) is 3.39. The predicted molar refractivity (Wildman–Crippen MR) is 88.7 cm³/mol. The normalized spacial score (nSPS) is 11.6. The number of thiazole rings is 1. The van der Waals surface area contributed by atoms with E-state index in [2.05, 4.69) is 33.0 Å². The Morgan fingerprint density at radius 2 is 1.90 bits per heavy atom. The zero-order valence-corrected chi connectivity index (χ0v) is 14.6. The number of carbonyl (C=O) groups is 1. The summed E-state index contributed by atoms with van der Waals surface area (Å²) in [6, 6.07) is 0. The summed E-state index contributed by atoms with van der Waals surface area (Å²) < 4.78 is 1.74. The Hall–Kier alpha value is -1.10. The van der Waals surface area contributed by atoms with Crippen molar-refractivity contribution in [2.24, 2.45) is 17.8 Å². The van der Waals surface area contributed by atoms with Crippen LogP contribution in [0.1, 0.15) is 46.2 Å². The third-order valence-corrected chi connectivity index (χ3v) is 4.89. The Morgan fingerprint density at radius 1 is 1.29 bits per heavy atom. The van der Waals surface area contributed by atoms with Crippen LogP contribution in [0.3, 0.4) is 0 Å². The van der Waals surface area contributed by atoms with Gasteiger partial charge in [-0.15, -0.1) is 0 Å².